The monoisotopic (exact) mass is 252 g/mol. The Balaban J connectivity index is 2.49. The van der Waals surface area contributed by atoms with Crippen molar-refractivity contribution >= 4 is 17.3 Å². The minimum absolute atomic E-state index is 0.0192. The van der Waals surface area contributed by atoms with Crippen molar-refractivity contribution in [1.82, 2.24) is 5.16 Å². The van der Waals surface area contributed by atoms with Gasteiger partial charge in [-0.1, -0.05) is 17.3 Å². The maximum atomic E-state index is 10.7. The van der Waals surface area contributed by atoms with E-state index in [1.165, 1.54) is 12.1 Å². The Morgan fingerprint density at radius 3 is 2.88 bits per heavy atom. The molecule has 5 nitrogen and oxygen atoms in total. The molecule has 0 aliphatic rings. The molecule has 0 fully saturated rings. The van der Waals surface area contributed by atoms with Gasteiger partial charge in [0.05, 0.1) is 10.8 Å². The molecule has 0 radical (unpaired) electrons. The lowest BCUT2D eigenvalue weighted by Crippen LogP contribution is -1.88. The molecule has 0 aliphatic carbocycles. The topological polar surface area (TPSA) is 69.2 Å². The van der Waals surface area contributed by atoms with Gasteiger partial charge in [-0.3, -0.25) is 10.1 Å². The summed E-state index contributed by atoms with van der Waals surface area (Å²) in [7, 11) is 0. The van der Waals surface area contributed by atoms with Gasteiger partial charge < -0.3 is 4.52 Å². The number of aromatic nitrogens is 1. The number of halogens is 1. The first kappa shape index (κ1) is 11.6. The van der Waals surface area contributed by atoms with E-state index in [0.29, 0.717) is 17.0 Å². The zero-order chi connectivity index (χ0) is 12.4. The van der Waals surface area contributed by atoms with Gasteiger partial charge in [0.15, 0.2) is 5.76 Å². The quantitative estimate of drug-likeness (QED) is 0.477. The summed E-state index contributed by atoms with van der Waals surface area (Å²) >= 11 is 5.68. The highest BCUT2D eigenvalue weighted by Crippen LogP contribution is 2.28. The predicted molar refractivity (Wildman–Crippen MR) is 62.9 cm³/mol. The third-order valence-corrected chi connectivity index (χ3v) is 2.72. The second-order valence-corrected chi connectivity index (χ2v) is 3.79. The molecule has 0 N–H and O–H groups in total. The summed E-state index contributed by atoms with van der Waals surface area (Å²) in [4.78, 5) is 10.2. The van der Waals surface area contributed by atoms with Gasteiger partial charge in [-0.25, -0.2) is 0 Å². The molecular formula is C11H9ClN2O3. The van der Waals surface area contributed by atoms with Crippen LogP contribution in [0.15, 0.2) is 28.8 Å². The normalized spacial score (nSPS) is 10.5. The molecule has 1 heterocycles. The molecule has 0 aliphatic heterocycles. The van der Waals surface area contributed by atoms with Crippen LogP contribution in [0.2, 0.25) is 0 Å². The van der Waals surface area contributed by atoms with Crippen LogP contribution in [-0.2, 0) is 5.88 Å². The fourth-order valence-corrected chi connectivity index (χ4v) is 1.77. The number of non-ortho nitro benzene ring substituents is 1. The number of hydrogen-bond acceptors (Lipinski definition) is 4. The lowest BCUT2D eigenvalue weighted by Gasteiger charge is -1.97. The van der Waals surface area contributed by atoms with E-state index < -0.39 is 4.92 Å². The Bertz CT molecular complexity index is 566. The Labute approximate surface area is 102 Å². The van der Waals surface area contributed by atoms with Crippen LogP contribution >= 0.6 is 11.6 Å². The first-order valence-electron chi connectivity index (χ1n) is 4.89. The highest BCUT2D eigenvalue weighted by molar-refractivity contribution is 6.17. The first-order chi connectivity index (χ1) is 8.13. The molecule has 1 aromatic carbocycles. The molecule has 0 saturated carbocycles. The van der Waals surface area contributed by atoms with Gasteiger partial charge in [0.1, 0.15) is 5.69 Å². The molecule has 0 amide bonds. The molecule has 0 spiro atoms. The van der Waals surface area contributed by atoms with E-state index in [-0.39, 0.29) is 11.6 Å². The SMILES string of the molecule is Cc1c(CCl)noc1-c1cccc([N+](=O)[O-])c1. The third-order valence-electron chi connectivity index (χ3n) is 2.47. The number of alkyl halides is 1. The molecule has 2 rings (SSSR count). The van der Waals surface area contributed by atoms with Crippen molar-refractivity contribution in [2.75, 3.05) is 0 Å². The van der Waals surface area contributed by atoms with Crippen molar-refractivity contribution in [3.8, 4) is 11.3 Å². The molecule has 0 atom stereocenters. The Kier molecular flexibility index (Phi) is 3.10. The molecular weight excluding hydrogens is 244 g/mol. The summed E-state index contributed by atoms with van der Waals surface area (Å²) in [6.45, 7) is 1.82. The van der Waals surface area contributed by atoms with Crippen molar-refractivity contribution in [2.45, 2.75) is 12.8 Å². The molecule has 0 bridgehead atoms. The van der Waals surface area contributed by atoms with Crippen LogP contribution in [-0.4, -0.2) is 10.1 Å². The second kappa shape index (κ2) is 4.55. The number of benzene rings is 1. The maximum absolute atomic E-state index is 10.7. The minimum Gasteiger partial charge on any atom is -0.356 e. The van der Waals surface area contributed by atoms with E-state index in [1.54, 1.807) is 12.1 Å². The van der Waals surface area contributed by atoms with E-state index in [4.69, 9.17) is 16.1 Å². The van der Waals surface area contributed by atoms with Crippen LogP contribution in [0.3, 0.4) is 0 Å². The second-order valence-electron chi connectivity index (χ2n) is 3.52. The molecule has 6 heteroatoms. The maximum Gasteiger partial charge on any atom is 0.270 e. The van der Waals surface area contributed by atoms with Crippen LogP contribution in [0.25, 0.3) is 11.3 Å². The highest BCUT2D eigenvalue weighted by atomic mass is 35.5. The largest absolute Gasteiger partial charge is 0.356 e. The van der Waals surface area contributed by atoms with E-state index in [0.717, 1.165) is 5.56 Å². The third kappa shape index (κ3) is 2.14. The fourth-order valence-electron chi connectivity index (χ4n) is 1.52. The van der Waals surface area contributed by atoms with E-state index in [2.05, 4.69) is 5.16 Å². The smallest absolute Gasteiger partial charge is 0.270 e. The summed E-state index contributed by atoms with van der Waals surface area (Å²) in [5.41, 5.74) is 2.10. The standard InChI is InChI=1S/C11H9ClN2O3/c1-7-10(6-12)13-17-11(7)8-3-2-4-9(5-8)14(15)16/h2-5H,6H2,1H3. The highest BCUT2D eigenvalue weighted by Gasteiger charge is 2.15. The van der Waals surface area contributed by atoms with Crippen LogP contribution in [0.1, 0.15) is 11.3 Å². The molecule has 0 saturated heterocycles. The molecule has 0 unspecified atom stereocenters. The Morgan fingerprint density at radius 2 is 2.29 bits per heavy atom. The summed E-state index contributed by atoms with van der Waals surface area (Å²) in [6.07, 6.45) is 0. The summed E-state index contributed by atoms with van der Waals surface area (Å²) < 4.78 is 5.15. The lowest BCUT2D eigenvalue weighted by molar-refractivity contribution is -0.384. The average molecular weight is 253 g/mol. The van der Waals surface area contributed by atoms with Crippen LogP contribution in [0.5, 0.6) is 0 Å². The van der Waals surface area contributed by atoms with Crippen molar-refractivity contribution in [2.24, 2.45) is 0 Å². The van der Waals surface area contributed by atoms with Crippen LogP contribution < -0.4 is 0 Å². The summed E-state index contributed by atoms with van der Waals surface area (Å²) in [5, 5.41) is 14.5. The van der Waals surface area contributed by atoms with Gasteiger partial charge >= 0.3 is 0 Å². The van der Waals surface area contributed by atoms with E-state index in [9.17, 15) is 10.1 Å². The summed E-state index contributed by atoms with van der Waals surface area (Å²) in [6, 6.07) is 6.22. The number of nitro groups is 1. The van der Waals surface area contributed by atoms with Crippen molar-refractivity contribution in [3.63, 3.8) is 0 Å². The number of nitro benzene ring substituents is 1. The van der Waals surface area contributed by atoms with Crippen molar-refractivity contribution in [1.29, 1.82) is 0 Å². The van der Waals surface area contributed by atoms with Crippen molar-refractivity contribution in [3.05, 3.63) is 45.6 Å². The van der Waals surface area contributed by atoms with Gasteiger partial charge in [-0.15, -0.1) is 11.6 Å². The number of nitrogens with zero attached hydrogens (tertiary/aromatic N) is 2. The van der Waals surface area contributed by atoms with Gasteiger partial charge in [0.25, 0.3) is 5.69 Å². The van der Waals surface area contributed by atoms with Gasteiger partial charge in [0.2, 0.25) is 0 Å². The molecule has 88 valence electrons. The zero-order valence-corrected chi connectivity index (χ0v) is 9.77. The van der Waals surface area contributed by atoms with Gasteiger partial charge in [-0.05, 0) is 6.92 Å². The average Bonchev–Trinajstić information content (AvgIpc) is 2.70. The molecule has 1 aromatic heterocycles. The van der Waals surface area contributed by atoms with E-state index in [1.807, 2.05) is 6.92 Å². The number of rotatable bonds is 3. The zero-order valence-electron chi connectivity index (χ0n) is 9.01. The van der Waals surface area contributed by atoms with Gasteiger partial charge in [0, 0.05) is 23.3 Å². The molecule has 2 aromatic rings. The van der Waals surface area contributed by atoms with Crippen molar-refractivity contribution < 1.29 is 9.45 Å². The predicted octanol–water partition coefficient (Wildman–Crippen LogP) is 3.30. The number of hydrogen-bond donors (Lipinski definition) is 0. The molecule has 17 heavy (non-hydrogen) atoms. The first-order valence-corrected chi connectivity index (χ1v) is 5.43. The summed E-state index contributed by atoms with van der Waals surface area (Å²) in [5.74, 6) is 0.772. The Hall–Kier alpha value is -1.88. The minimum atomic E-state index is -0.447. The van der Waals surface area contributed by atoms with Gasteiger partial charge in [-0.2, -0.15) is 0 Å². The Morgan fingerprint density at radius 1 is 1.53 bits per heavy atom. The van der Waals surface area contributed by atoms with E-state index >= 15 is 0 Å². The lowest BCUT2D eigenvalue weighted by atomic mass is 10.1. The fraction of sp³-hybridized carbons (Fsp3) is 0.182. The van der Waals surface area contributed by atoms with Crippen LogP contribution in [0.4, 0.5) is 5.69 Å². The van der Waals surface area contributed by atoms with Crippen LogP contribution in [0, 0.1) is 17.0 Å².